The molecule has 2 aliphatic rings. The number of nitrogens with zero attached hydrogens (tertiary/aromatic N) is 2. The number of aromatic nitrogens is 1. The van der Waals surface area contributed by atoms with E-state index < -0.39 is 5.41 Å². The summed E-state index contributed by atoms with van der Waals surface area (Å²) >= 11 is 1.87. The Labute approximate surface area is 432 Å². The van der Waals surface area contributed by atoms with Crippen molar-refractivity contribution in [3.05, 3.63) is 289 Å². The Morgan fingerprint density at radius 1 is 0.338 bits per heavy atom. The maximum Gasteiger partial charge on any atom is 0.0755 e. The first-order valence-corrected chi connectivity index (χ1v) is 26.4. The summed E-state index contributed by atoms with van der Waals surface area (Å²) in [6, 6.07) is 99.9. The first kappa shape index (κ1) is 41.3. The zero-order valence-corrected chi connectivity index (χ0v) is 41.0. The molecular formula is C71H44N2S. The van der Waals surface area contributed by atoms with Gasteiger partial charge in [-0.05, 0) is 115 Å². The molecule has 12 aromatic carbocycles. The second-order valence-corrected chi connectivity index (χ2v) is 20.9. The highest BCUT2D eigenvalue weighted by atomic mass is 32.1. The summed E-state index contributed by atoms with van der Waals surface area (Å²) in [6.07, 6.45) is 0. The highest BCUT2D eigenvalue weighted by molar-refractivity contribution is 7.25. The Bertz CT molecular complexity index is 4620. The van der Waals surface area contributed by atoms with Gasteiger partial charge < -0.3 is 9.47 Å². The molecule has 74 heavy (non-hydrogen) atoms. The first-order chi connectivity index (χ1) is 36.7. The van der Waals surface area contributed by atoms with Crippen molar-refractivity contribution in [1.29, 1.82) is 0 Å². The standard InChI is InChI=1S/C71H44N2S/c1-2-20-49-46(18-1)19-15-27-50(49)51-21-3-4-22-52(51)53-23-6-11-33-63(53)72(48-41-38-45(39-42-48)47-40-43-56-55-25-8-14-37-67(55)74-68(56)44-47)66-36-17-31-61-69(66)58-26-5-9-29-59(58)71(61)60-30-10-13-35-65(60)73-64-34-12-7-24-54(64)57-28-16-32-62(71)70(57)73/h1-44H. The van der Waals surface area contributed by atoms with Gasteiger partial charge in [0.1, 0.15) is 0 Å². The van der Waals surface area contributed by atoms with Crippen molar-refractivity contribution in [3.8, 4) is 50.2 Å². The Morgan fingerprint density at radius 3 is 1.78 bits per heavy atom. The molecule has 2 nitrogen and oxygen atoms in total. The Morgan fingerprint density at radius 2 is 0.905 bits per heavy atom. The van der Waals surface area contributed by atoms with E-state index in [-0.39, 0.29) is 0 Å². The van der Waals surface area contributed by atoms with Crippen molar-refractivity contribution >= 4 is 81.1 Å². The van der Waals surface area contributed by atoms with Gasteiger partial charge in [0.15, 0.2) is 0 Å². The van der Waals surface area contributed by atoms with Gasteiger partial charge in [0.25, 0.3) is 0 Å². The van der Waals surface area contributed by atoms with Crippen LogP contribution in [-0.2, 0) is 5.41 Å². The van der Waals surface area contributed by atoms with Crippen LogP contribution in [0.2, 0.25) is 0 Å². The number of para-hydroxylation sites is 4. The average molecular weight is 957 g/mol. The molecule has 1 spiro atoms. The van der Waals surface area contributed by atoms with Crippen LogP contribution < -0.4 is 4.90 Å². The SMILES string of the molecule is c1ccc(-c2cccc3ccccc23)c(-c2ccccc2N(c2ccc(-c3ccc4c(c3)sc3ccccc34)cc2)c2cccc3c2-c2ccccc2C32c3ccccc3-n3c4ccccc4c4cccc2c43)c1. The van der Waals surface area contributed by atoms with Crippen molar-refractivity contribution in [2.45, 2.75) is 5.41 Å². The smallest absolute Gasteiger partial charge is 0.0755 e. The van der Waals surface area contributed by atoms with Gasteiger partial charge in [0.2, 0.25) is 0 Å². The summed E-state index contributed by atoms with van der Waals surface area (Å²) < 4.78 is 5.16. The Hall–Kier alpha value is -9.28. The molecular weight excluding hydrogens is 913 g/mol. The topological polar surface area (TPSA) is 8.17 Å². The van der Waals surface area contributed by atoms with Crippen LogP contribution in [0.25, 0.3) is 103 Å². The van der Waals surface area contributed by atoms with E-state index in [2.05, 4.69) is 276 Å². The van der Waals surface area contributed by atoms with E-state index in [4.69, 9.17) is 0 Å². The molecule has 0 N–H and O–H groups in total. The lowest BCUT2D eigenvalue weighted by Crippen LogP contribution is -2.33. The van der Waals surface area contributed by atoms with Crippen LogP contribution >= 0.6 is 11.3 Å². The molecule has 16 rings (SSSR count). The van der Waals surface area contributed by atoms with Crippen LogP contribution in [0.3, 0.4) is 0 Å². The summed E-state index contributed by atoms with van der Waals surface area (Å²) in [4.78, 5) is 2.55. The predicted octanol–water partition coefficient (Wildman–Crippen LogP) is 19.5. The number of thiophene rings is 1. The molecule has 1 unspecified atom stereocenters. The van der Waals surface area contributed by atoms with Crippen LogP contribution in [0.15, 0.2) is 267 Å². The second-order valence-electron chi connectivity index (χ2n) is 19.8. The van der Waals surface area contributed by atoms with Crippen LogP contribution in [0, 0.1) is 0 Å². The van der Waals surface area contributed by atoms with E-state index in [9.17, 15) is 0 Å². The zero-order chi connectivity index (χ0) is 48.5. The molecule has 0 fully saturated rings. The molecule has 0 saturated carbocycles. The molecule has 344 valence electrons. The van der Waals surface area contributed by atoms with Crippen LogP contribution in [0.1, 0.15) is 22.3 Å². The predicted molar refractivity (Wildman–Crippen MR) is 313 cm³/mol. The lowest BCUT2D eigenvalue weighted by molar-refractivity contribution is 0.748. The third kappa shape index (κ3) is 5.70. The van der Waals surface area contributed by atoms with E-state index >= 15 is 0 Å². The zero-order valence-electron chi connectivity index (χ0n) is 40.2. The average Bonchev–Trinajstić information content (AvgIpc) is 4.13. The largest absolute Gasteiger partial charge is 0.309 e. The van der Waals surface area contributed by atoms with Crippen molar-refractivity contribution in [2.24, 2.45) is 0 Å². The fraction of sp³-hybridized carbons (Fsp3) is 0.0141. The van der Waals surface area contributed by atoms with E-state index in [0.717, 1.165) is 22.6 Å². The van der Waals surface area contributed by atoms with E-state index in [1.807, 2.05) is 11.3 Å². The van der Waals surface area contributed by atoms with Gasteiger partial charge in [0.05, 0.1) is 33.5 Å². The van der Waals surface area contributed by atoms with E-state index in [1.165, 1.54) is 120 Å². The van der Waals surface area contributed by atoms with Gasteiger partial charge in [-0.3, -0.25) is 0 Å². The number of anilines is 3. The number of rotatable bonds is 6. The molecule has 2 aromatic heterocycles. The quantitative estimate of drug-likeness (QED) is 0.161. The Balaban J connectivity index is 0.959. The highest BCUT2D eigenvalue weighted by Crippen LogP contribution is 2.63. The Kier molecular flexibility index (Phi) is 8.86. The van der Waals surface area contributed by atoms with Gasteiger partial charge in [0, 0.05) is 47.8 Å². The molecule has 3 heteroatoms. The van der Waals surface area contributed by atoms with Crippen molar-refractivity contribution in [3.63, 3.8) is 0 Å². The highest BCUT2D eigenvalue weighted by Gasteiger charge is 2.51. The third-order valence-electron chi connectivity index (χ3n) is 16.2. The van der Waals surface area contributed by atoms with E-state index in [1.54, 1.807) is 0 Å². The third-order valence-corrected chi connectivity index (χ3v) is 17.3. The molecule has 0 radical (unpaired) electrons. The van der Waals surface area contributed by atoms with Crippen molar-refractivity contribution in [2.75, 3.05) is 4.90 Å². The van der Waals surface area contributed by atoms with Gasteiger partial charge in [-0.1, -0.05) is 218 Å². The number of benzene rings is 12. The normalized spacial score (nSPS) is 14.3. The minimum absolute atomic E-state index is 0.594. The fourth-order valence-electron chi connectivity index (χ4n) is 13.2. The fourth-order valence-corrected chi connectivity index (χ4v) is 14.3. The lowest BCUT2D eigenvalue weighted by atomic mass is 9.65. The summed E-state index contributed by atoms with van der Waals surface area (Å²) in [6.45, 7) is 0. The molecule has 14 aromatic rings. The first-order valence-electron chi connectivity index (χ1n) is 25.6. The van der Waals surface area contributed by atoms with Gasteiger partial charge in [-0.25, -0.2) is 0 Å². The summed E-state index contributed by atoms with van der Waals surface area (Å²) in [5.74, 6) is 0. The molecule has 0 saturated heterocycles. The van der Waals surface area contributed by atoms with Crippen LogP contribution in [0.5, 0.6) is 0 Å². The van der Waals surface area contributed by atoms with Crippen LogP contribution in [0.4, 0.5) is 17.1 Å². The molecule has 1 aliphatic heterocycles. The second kappa shape index (κ2) is 15.9. The lowest BCUT2D eigenvalue weighted by Gasteiger charge is -2.39. The monoisotopic (exact) mass is 956 g/mol. The molecule has 3 heterocycles. The number of hydrogen-bond donors (Lipinski definition) is 0. The van der Waals surface area contributed by atoms with Gasteiger partial charge >= 0.3 is 0 Å². The molecule has 1 atom stereocenters. The maximum atomic E-state index is 2.55. The number of fused-ring (bicyclic) bond motifs is 16. The minimum Gasteiger partial charge on any atom is -0.309 e. The minimum atomic E-state index is -0.594. The van der Waals surface area contributed by atoms with Gasteiger partial charge in [-0.15, -0.1) is 11.3 Å². The van der Waals surface area contributed by atoms with Crippen molar-refractivity contribution in [1.82, 2.24) is 4.57 Å². The summed E-state index contributed by atoms with van der Waals surface area (Å²) in [5, 5.41) is 7.66. The molecule has 0 bridgehead atoms. The van der Waals surface area contributed by atoms with E-state index in [0.29, 0.717) is 0 Å². The van der Waals surface area contributed by atoms with Crippen LogP contribution in [-0.4, -0.2) is 4.57 Å². The molecule has 1 aliphatic carbocycles. The summed E-state index contributed by atoms with van der Waals surface area (Å²) in [5.41, 5.74) is 21.3. The van der Waals surface area contributed by atoms with Crippen molar-refractivity contribution < 1.29 is 0 Å². The van der Waals surface area contributed by atoms with Gasteiger partial charge in [-0.2, -0.15) is 0 Å². The maximum absolute atomic E-state index is 2.55. The number of hydrogen-bond acceptors (Lipinski definition) is 2. The molecule has 0 amide bonds. The summed E-state index contributed by atoms with van der Waals surface area (Å²) in [7, 11) is 0.